The van der Waals surface area contributed by atoms with Crippen LogP contribution in [0.3, 0.4) is 0 Å². The van der Waals surface area contributed by atoms with E-state index < -0.39 is 0 Å². The van der Waals surface area contributed by atoms with Gasteiger partial charge in [0.15, 0.2) is 6.67 Å². The molecule has 0 saturated heterocycles. The second-order valence-corrected chi connectivity index (χ2v) is 4.95. The number of rotatable bonds is 7. The van der Waals surface area contributed by atoms with Gasteiger partial charge in [-0.1, -0.05) is 20.3 Å². The van der Waals surface area contributed by atoms with Crippen molar-refractivity contribution in [2.45, 2.75) is 45.6 Å². The van der Waals surface area contributed by atoms with Crippen molar-refractivity contribution >= 4 is 0 Å². The number of aliphatic hydroxyl groups is 1. The highest BCUT2D eigenvalue weighted by Gasteiger charge is 2.37. The fourth-order valence-corrected chi connectivity index (χ4v) is 2.77. The molecule has 0 aromatic carbocycles. The van der Waals surface area contributed by atoms with Crippen molar-refractivity contribution in [2.75, 3.05) is 26.9 Å². The van der Waals surface area contributed by atoms with Gasteiger partial charge in [0, 0.05) is 7.05 Å². The molecule has 0 fully saturated rings. The van der Waals surface area contributed by atoms with Gasteiger partial charge in [-0.25, -0.2) is 0 Å². The number of quaternary nitrogens is 1. The summed E-state index contributed by atoms with van der Waals surface area (Å²) >= 11 is 0. The van der Waals surface area contributed by atoms with Gasteiger partial charge in [0.2, 0.25) is 0 Å². The van der Waals surface area contributed by atoms with Gasteiger partial charge >= 0.3 is 0 Å². The van der Waals surface area contributed by atoms with Crippen LogP contribution in [-0.4, -0.2) is 47.4 Å². The van der Waals surface area contributed by atoms with Crippen molar-refractivity contribution in [3.8, 4) is 0 Å². The average molecular weight is 227 g/mol. The molecule has 3 heteroatoms. The minimum absolute atomic E-state index is 0.279. The zero-order valence-electron chi connectivity index (χ0n) is 11.0. The SMILES string of the molecule is CCCCC(CC)[N+]1(CCO)C=CN(C)C1. The molecule has 0 radical (unpaired) electrons. The van der Waals surface area contributed by atoms with Crippen molar-refractivity contribution in [1.29, 1.82) is 0 Å². The Bertz CT molecular complexity index is 230. The molecule has 1 aliphatic rings. The molecule has 1 aliphatic heterocycles. The molecule has 0 saturated carbocycles. The van der Waals surface area contributed by atoms with E-state index >= 15 is 0 Å². The molecule has 1 N–H and O–H groups in total. The first-order chi connectivity index (χ1) is 7.68. The third kappa shape index (κ3) is 2.98. The van der Waals surface area contributed by atoms with E-state index in [-0.39, 0.29) is 6.61 Å². The fourth-order valence-electron chi connectivity index (χ4n) is 2.77. The normalized spacial score (nSPS) is 26.4. The zero-order valence-corrected chi connectivity index (χ0v) is 11.0. The van der Waals surface area contributed by atoms with Crippen molar-refractivity contribution in [3.63, 3.8) is 0 Å². The van der Waals surface area contributed by atoms with Gasteiger partial charge < -0.3 is 10.0 Å². The Kier molecular flexibility index (Phi) is 5.29. The molecule has 3 nitrogen and oxygen atoms in total. The van der Waals surface area contributed by atoms with E-state index in [1.165, 1.54) is 25.7 Å². The van der Waals surface area contributed by atoms with Crippen LogP contribution in [0.1, 0.15) is 39.5 Å². The molecule has 1 rings (SSSR count). The van der Waals surface area contributed by atoms with Crippen LogP contribution >= 0.6 is 0 Å². The van der Waals surface area contributed by atoms with Crippen LogP contribution in [0.15, 0.2) is 12.4 Å². The summed E-state index contributed by atoms with van der Waals surface area (Å²) in [5, 5.41) is 9.28. The Labute approximate surface area is 99.9 Å². The molecule has 0 spiro atoms. The van der Waals surface area contributed by atoms with Crippen LogP contribution in [-0.2, 0) is 0 Å². The first-order valence-electron chi connectivity index (χ1n) is 6.55. The molecule has 2 atom stereocenters. The highest BCUT2D eigenvalue weighted by atomic mass is 16.3. The topological polar surface area (TPSA) is 23.5 Å². The molecule has 0 bridgehead atoms. The third-order valence-corrected chi connectivity index (χ3v) is 3.71. The summed E-state index contributed by atoms with van der Waals surface area (Å²) in [6, 6.07) is 0.660. The van der Waals surface area contributed by atoms with Crippen molar-refractivity contribution < 1.29 is 9.59 Å². The molecule has 0 aliphatic carbocycles. The summed E-state index contributed by atoms with van der Waals surface area (Å²) in [7, 11) is 2.11. The van der Waals surface area contributed by atoms with E-state index in [9.17, 15) is 5.11 Å². The van der Waals surface area contributed by atoms with Gasteiger partial charge in [0.05, 0.1) is 18.8 Å². The second kappa shape index (κ2) is 6.26. The van der Waals surface area contributed by atoms with E-state index in [2.05, 4.69) is 38.2 Å². The number of unbranched alkanes of at least 4 members (excludes halogenated alkanes) is 1. The van der Waals surface area contributed by atoms with Gasteiger partial charge in [0.1, 0.15) is 12.7 Å². The molecular weight excluding hydrogens is 200 g/mol. The Morgan fingerprint density at radius 1 is 1.44 bits per heavy atom. The largest absolute Gasteiger partial charge is 0.390 e. The van der Waals surface area contributed by atoms with Crippen LogP contribution in [0, 0.1) is 0 Å². The Hall–Kier alpha value is -0.540. The van der Waals surface area contributed by atoms with Crippen LogP contribution in [0.2, 0.25) is 0 Å². The minimum atomic E-state index is 0.279. The van der Waals surface area contributed by atoms with Crippen molar-refractivity contribution in [3.05, 3.63) is 12.4 Å². The molecule has 0 amide bonds. The Morgan fingerprint density at radius 2 is 2.19 bits per heavy atom. The Balaban J connectivity index is 2.70. The van der Waals surface area contributed by atoms with E-state index in [4.69, 9.17) is 0 Å². The number of nitrogens with zero attached hydrogens (tertiary/aromatic N) is 2. The van der Waals surface area contributed by atoms with Crippen molar-refractivity contribution in [2.24, 2.45) is 0 Å². The lowest BCUT2D eigenvalue weighted by atomic mass is 10.0. The smallest absolute Gasteiger partial charge is 0.158 e. The zero-order chi connectivity index (χ0) is 12.0. The van der Waals surface area contributed by atoms with E-state index in [1.807, 2.05) is 0 Å². The monoisotopic (exact) mass is 227 g/mol. The third-order valence-electron chi connectivity index (χ3n) is 3.71. The van der Waals surface area contributed by atoms with E-state index in [0.717, 1.165) is 17.7 Å². The number of hydrogen-bond donors (Lipinski definition) is 1. The molecular formula is C13H27N2O+. The van der Waals surface area contributed by atoms with Gasteiger partial charge in [0.25, 0.3) is 0 Å². The van der Waals surface area contributed by atoms with Gasteiger partial charge in [-0.3, -0.25) is 4.48 Å². The lowest BCUT2D eigenvalue weighted by Crippen LogP contribution is -2.53. The molecule has 2 unspecified atom stereocenters. The van der Waals surface area contributed by atoms with E-state index in [0.29, 0.717) is 6.04 Å². The van der Waals surface area contributed by atoms with Gasteiger partial charge in [-0.2, -0.15) is 0 Å². The maximum absolute atomic E-state index is 9.28. The molecule has 16 heavy (non-hydrogen) atoms. The predicted octanol–water partition coefficient (Wildman–Crippen LogP) is 2.14. The van der Waals surface area contributed by atoms with Crippen LogP contribution in [0.5, 0.6) is 0 Å². The van der Waals surface area contributed by atoms with Crippen LogP contribution in [0.4, 0.5) is 0 Å². The molecule has 0 aromatic rings. The summed E-state index contributed by atoms with van der Waals surface area (Å²) in [6.07, 6.45) is 9.45. The lowest BCUT2D eigenvalue weighted by Gasteiger charge is -2.39. The first-order valence-corrected chi connectivity index (χ1v) is 6.55. The summed E-state index contributed by atoms with van der Waals surface area (Å²) in [5.74, 6) is 0. The molecule has 0 aromatic heterocycles. The Morgan fingerprint density at radius 3 is 2.62 bits per heavy atom. The summed E-state index contributed by atoms with van der Waals surface area (Å²) < 4.78 is 0.948. The van der Waals surface area contributed by atoms with E-state index in [1.54, 1.807) is 0 Å². The maximum Gasteiger partial charge on any atom is 0.158 e. The molecule has 1 heterocycles. The van der Waals surface area contributed by atoms with Crippen LogP contribution < -0.4 is 0 Å². The van der Waals surface area contributed by atoms with Gasteiger partial charge in [-0.15, -0.1) is 0 Å². The highest BCUT2D eigenvalue weighted by molar-refractivity contribution is 4.82. The summed E-state index contributed by atoms with van der Waals surface area (Å²) in [6.45, 7) is 6.66. The standard InChI is InChI=1S/C13H27N2O/c1-4-6-7-13(5-2)15(10-11-16)9-8-14(3)12-15/h8-9,13,16H,4-7,10-12H2,1-3H3/q+1. The maximum atomic E-state index is 9.28. The summed E-state index contributed by atoms with van der Waals surface area (Å²) in [4.78, 5) is 2.23. The number of aliphatic hydroxyl groups excluding tert-OH is 1. The number of hydrogen-bond acceptors (Lipinski definition) is 2. The first kappa shape index (κ1) is 13.5. The summed E-state index contributed by atoms with van der Waals surface area (Å²) in [5.41, 5.74) is 0. The fraction of sp³-hybridized carbons (Fsp3) is 0.846. The average Bonchev–Trinajstić information content (AvgIpc) is 2.63. The quantitative estimate of drug-likeness (QED) is 0.674. The molecule has 94 valence electrons. The lowest BCUT2D eigenvalue weighted by molar-refractivity contribution is -0.906. The minimum Gasteiger partial charge on any atom is -0.390 e. The van der Waals surface area contributed by atoms with Crippen molar-refractivity contribution in [1.82, 2.24) is 4.90 Å². The predicted molar refractivity (Wildman–Crippen MR) is 67.6 cm³/mol. The van der Waals surface area contributed by atoms with Crippen LogP contribution in [0.25, 0.3) is 0 Å². The highest BCUT2D eigenvalue weighted by Crippen LogP contribution is 2.26. The van der Waals surface area contributed by atoms with Gasteiger partial charge in [-0.05, 0) is 19.3 Å². The second-order valence-electron chi connectivity index (χ2n) is 4.95.